The number of carbonyl (C=O) groups is 2. The topological polar surface area (TPSA) is 88.1 Å². The summed E-state index contributed by atoms with van der Waals surface area (Å²) in [5.74, 6) is -0.826. The van der Waals surface area contributed by atoms with Crippen LogP contribution in [0.1, 0.15) is 19.3 Å². The van der Waals surface area contributed by atoms with Crippen LogP contribution in [0, 0.1) is 0 Å². The Morgan fingerprint density at radius 3 is 2.79 bits per heavy atom. The average Bonchev–Trinajstić information content (AvgIpc) is 2.77. The molecule has 2 rings (SSSR count). The first-order valence-corrected chi connectivity index (χ1v) is 6.63. The monoisotopic (exact) mass is 272 g/mol. The SMILES string of the molecule is O=C(O)CCOC1CCN(CC2CNC(=O)O2)CC1. The molecule has 0 bridgehead atoms. The van der Waals surface area contributed by atoms with Gasteiger partial charge >= 0.3 is 12.1 Å². The molecule has 2 aliphatic heterocycles. The molecule has 2 heterocycles. The summed E-state index contributed by atoms with van der Waals surface area (Å²) in [7, 11) is 0. The van der Waals surface area contributed by atoms with Crippen LogP contribution < -0.4 is 5.32 Å². The van der Waals surface area contributed by atoms with Crippen LogP contribution in [0.4, 0.5) is 4.79 Å². The third-order valence-electron chi connectivity index (χ3n) is 3.41. The minimum Gasteiger partial charge on any atom is -0.481 e. The Labute approximate surface area is 111 Å². The summed E-state index contributed by atoms with van der Waals surface area (Å²) in [6, 6.07) is 0. The Hall–Kier alpha value is -1.34. The van der Waals surface area contributed by atoms with E-state index in [4.69, 9.17) is 14.6 Å². The second kappa shape index (κ2) is 6.72. The van der Waals surface area contributed by atoms with E-state index < -0.39 is 5.97 Å². The summed E-state index contributed by atoms with van der Waals surface area (Å²) in [5.41, 5.74) is 0. The number of hydrogen-bond acceptors (Lipinski definition) is 5. The molecule has 0 spiro atoms. The van der Waals surface area contributed by atoms with Crippen LogP contribution in [0.5, 0.6) is 0 Å². The van der Waals surface area contributed by atoms with Gasteiger partial charge in [0.2, 0.25) is 0 Å². The molecule has 0 saturated carbocycles. The summed E-state index contributed by atoms with van der Waals surface area (Å²) in [5, 5.41) is 11.2. The highest BCUT2D eigenvalue weighted by Gasteiger charge is 2.27. The standard InChI is InChI=1S/C12H20N2O5/c15-11(16)3-6-18-9-1-4-14(5-2-9)8-10-7-13-12(17)19-10/h9-10H,1-8H2,(H,13,17)(H,15,16). The summed E-state index contributed by atoms with van der Waals surface area (Å²) >= 11 is 0. The molecule has 2 fully saturated rings. The van der Waals surface area contributed by atoms with Crippen molar-refractivity contribution >= 4 is 12.1 Å². The Balaban J connectivity index is 1.59. The van der Waals surface area contributed by atoms with Gasteiger partial charge in [0, 0.05) is 19.6 Å². The summed E-state index contributed by atoms with van der Waals surface area (Å²) < 4.78 is 10.6. The Bertz CT molecular complexity index is 328. The highest BCUT2D eigenvalue weighted by molar-refractivity contribution is 5.69. The molecule has 2 aliphatic rings. The number of carbonyl (C=O) groups excluding carboxylic acids is 1. The van der Waals surface area contributed by atoms with Gasteiger partial charge < -0.3 is 19.9 Å². The van der Waals surface area contributed by atoms with E-state index in [-0.39, 0.29) is 31.3 Å². The highest BCUT2D eigenvalue weighted by atomic mass is 16.6. The van der Waals surface area contributed by atoms with Crippen LogP contribution in [-0.2, 0) is 14.3 Å². The third-order valence-corrected chi connectivity index (χ3v) is 3.41. The summed E-state index contributed by atoms with van der Waals surface area (Å²) in [6.07, 6.45) is 1.61. The van der Waals surface area contributed by atoms with Crippen LogP contribution in [0.2, 0.25) is 0 Å². The fourth-order valence-corrected chi connectivity index (χ4v) is 2.39. The first kappa shape index (κ1) is 14.1. The van der Waals surface area contributed by atoms with E-state index in [1.807, 2.05) is 0 Å². The lowest BCUT2D eigenvalue weighted by Crippen LogP contribution is -2.42. The van der Waals surface area contributed by atoms with Crippen molar-refractivity contribution in [1.29, 1.82) is 0 Å². The minimum absolute atomic E-state index is 0.0584. The largest absolute Gasteiger partial charge is 0.481 e. The number of aliphatic carboxylic acids is 1. The molecule has 108 valence electrons. The number of carboxylic acid groups (broad SMARTS) is 1. The first-order chi connectivity index (χ1) is 9.13. The van der Waals surface area contributed by atoms with Crippen molar-refractivity contribution in [3.8, 4) is 0 Å². The molecule has 2 N–H and O–H groups in total. The quantitative estimate of drug-likeness (QED) is 0.710. The van der Waals surface area contributed by atoms with Crippen molar-refractivity contribution in [2.45, 2.75) is 31.5 Å². The van der Waals surface area contributed by atoms with E-state index in [1.54, 1.807) is 0 Å². The van der Waals surface area contributed by atoms with E-state index in [1.165, 1.54) is 0 Å². The highest BCUT2D eigenvalue weighted by Crippen LogP contribution is 2.15. The van der Waals surface area contributed by atoms with Crippen LogP contribution in [0.25, 0.3) is 0 Å². The fourth-order valence-electron chi connectivity index (χ4n) is 2.39. The molecule has 7 nitrogen and oxygen atoms in total. The van der Waals surface area contributed by atoms with E-state index in [9.17, 15) is 9.59 Å². The number of rotatable bonds is 6. The second-order valence-electron chi connectivity index (χ2n) is 4.92. The molecule has 0 radical (unpaired) electrons. The average molecular weight is 272 g/mol. The number of ether oxygens (including phenoxy) is 2. The lowest BCUT2D eigenvalue weighted by molar-refractivity contribution is -0.138. The van der Waals surface area contributed by atoms with Crippen LogP contribution in [0.3, 0.4) is 0 Å². The molecule has 0 aromatic rings. The molecule has 1 atom stereocenters. The Morgan fingerprint density at radius 2 is 2.21 bits per heavy atom. The predicted molar refractivity (Wildman–Crippen MR) is 65.9 cm³/mol. The predicted octanol–water partition coefficient (Wildman–Crippen LogP) is 0.0505. The van der Waals surface area contributed by atoms with Gasteiger partial charge in [0.1, 0.15) is 6.10 Å². The number of piperidine rings is 1. The summed E-state index contributed by atoms with van der Waals surface area (Å²) in [6.45, 7) is 3.40. The van der Waals surface area contributed by atoms with Gasteiger partial charge in [-0.3, -0.25) is 9.69 Å². The van der Waals surface area contributed by atoms with Crippen molar-refractivity contribution in [1.82, 2.24) is 10.2 Å². The molecule has 2 saturated heterocycles. The van der Waals surface area contributed by atoms with Gasteiger partial charge in [-0.05, 0) is 12.8 Å². The molecule has 1 amide bonds. The molecule has 0 aromatic carbocycles. The van der Waals surface area contributed by atoms with E-state index in [2.05, 4.69) is 10.2 Å². The molecule has 0 aromatic heterocycles. The van der Waals surface area contributed by atoms with E-state index in [0.717, 1.165) is 32.5 Å². The van der Waals surface area contributed by atoms with Crippen molar-refractivity contribution in [2.24, 2.45) is 0 Å². The van der Waals surface area contributed by atoms with E-state index >= 15 is 0 Å². The van der Waals surface area contributed by atoms with Gasteiger partial charge in [0.05, 0.1) is 25.7 Å². The zero-order valence-electron chi connectivity index (χ0n) is 10.8. The van der Waals surface area contributed by atoms with Gasteiger partial charge in [0.15, 0.2) is 0 Å². The zero-order chi connectivity index (χ0) is 13.7. The first-order valence-electron chi connectivity index (χ1n) is 6.63. The maximum atomic E-state index is 10.9. The van der Waals surface area contributed by atoms with Gasteiger partial charge in [-0.1, -0.05) is 0 Å². The van der Waals surface area contributed by atoms with E-state index in [0.29, 0.717) is 6.54 Å². The molecule has 19 heavy (non-hydrogen) atoms. The fraction of sp³-hybridized carbons (Fsp3) is 0.833. The van der Waals surface area contributed by atoms with Crippen LogP contribution >= 0.6 is 0 Å². The zero-order valence-corrected chi connectivity index (χ0v) is 10.8. The maximum Gasteiger partial charge on any atom is 0.407 e. The Morgan fingerprint density at radius 1 is 1.47 bits per heavy atom. The smallest absolute Gasteiger partial charge is 0.407 e. The number of amides is 1. The van der Waals surface area contributed by atoms with Crippen molar-refractivity contribution in [2.75, 3.05) is 32.8 Å². The number of alkyl carbamates (subject to hydrolysis) is 1. The number of likely N-dealkylation sites (tertiary alicyclic amines) is 1. The number of nitrogens with one attached hydrogen (secondary N) is 1. The van der Waals surface area contributed by atoms with Crippen LogP contribution in [0.15, 0.2) is 0 Å². The number of hydrogen-bond donors (Lipinski definition) is 2. The number of cyclic esters (lactones) is 1. The lowest BCUT2D eigenvalue weighted by atomic mass is 10.1. The number of carboxylic acids is 1. The normalized spacial score (nSPS) is 25.1. The van der Waals surface area contributed by atoms with Gasteiger partial charge in [-0.2, -0.15) is 0 Å². The summed E-state index contributed by atoms with van der Waals surface area (Å²) in [4.78, 5) is 23.5. The van der Waals surface area contributed by atoms with Crippen molar-refractivity contribution < 1.29 is 24.2 Å². The van der Waals surface area contributed by atoms with Gasteiger partial charge in [0.25, 0.3) is 0 Å². The van der Waals surface area contributed by atoms with Crippen molar-refractivity contribution in [3.63, 3.8) is 0 Å². The molecular formula is C12H20N2O5. The maximum absolute atomic E-state index is 10.9. The Kier molecular flexibility index (Phi) is 4.98. The number of nitrogens with zero attached hydrogens (tertiary/aromatic N) is 1. The molecular weight excluding hydrogens is 252 g/mol. The molecule has 1 unspecified atom stereocenters. The van der Waals surface area contributed by atoms with Crippen LogP contribution in [-0.4, -0.2) is 67.1 Å². The second-order valence-corrected chi connectivity index (χ2v) is 4.92. The minimum atomic E-state index is -0.826. The molecule has 7 heteroatoms. The van der Waals surface area contributed by atoms with Gasteiger partial charge in [-0.15, -0.1) is 0 Å². The molecule has 0 aliphatic carbocycles. The van der Waals surface area contributed by atoms with Crippen molar-refractivity contribution in [3.05, 3.63) is 0 Å². The van der Waals surface area contributed by atoms with Gasteiger partial charge in [-0.25, -0.2) is 4.79 Å². The third kappa shape index (κ3) is 4.68. The lowest BCUT2D eigenvalue weighted by Gasteiger charge is -2.32.